The van der Waals surface area contributed by atoms with E-state index in [9.17, 15) is 19.8 Å². The number of aliphatic carboxylic acids is 2. The largest absolute Gasteiger partial charge is 1.00 e. The minimum Gasteiger partial charge on any atom is -0.545 e. The summed E-state index contributed by atoms with van der Waals surface area (Å²) in [7, 11) is 0. The molecule has 82 valence electrons. The predicted octanol–water partition coefficient (Wildman–Crippen LogP) is -6.87. The molecule has 6 heteroatoms. The molecule has 0 atom stereocenters. The Hall–Kier alpha value is -0.360. The Morgan fingerprint density at radius 2 is 1.56 bits per heavy atom. The SMILES string of the molecule is O=C([O-])/C=C(/C=Cc1ccccc1)C(=O)[O-].[Na+].[Na+]. The van der Waals surface area contributed by atoms with E-state index in [1.807, 2.05) is 6.07 Å². The second kappa shape index (κ2) is 10.6. The Labute approximate surface area is 149 Å². The smallest absolute Gasteiger partial charge is 0.545 e. The zero-order chi connectivity index (χ0) is 12.0. The van der Waals surface area contributed by atoms with Crippen LogP contribution in [0.15, 0.2) is 48.1 Å². The first-order valence-corrected chi connectivity index (χ1v) is 4.47. The van der Waals surface area contributed by atoms with Crippen molar-refractivity contribution in [1.29, 1.82) is 0 Å². The molecule has 0 aliphatic heterocycles. The second-order valence-electron chi connectivity index (χ2n) is 2.95. The molecular weight excluding hydrogens is 254 g/mol. The van der Waals surface area contributed by atoms with E-state index in [0.717, 1.165) is 11.6 Å². The Bertz CT molecular complexity index is 452. The molecule has 0 N–H and O–H groups in total. The van der Waals surface area contributed by atoms with E-state index in [0.29, 0.717) is 6.08 Å². The molecule has 0 aliphatic rings. The zero-order valence-electron chi connectivity index (χ0n) is 10.3. The van der Waals surface area contributed by atoms with E-state index in [1.54, 1.807) is 24.3 Å². The first-order chi connectivity index (χ1) is 7.59. The van der Waals surface area contributed by atoms with Crippen LogP contribution in [0.2, 0.25) is 0 Å². The summed E-state index contributed by atoms with van der Waals surface area (Å²) in [5.74, 6) is -3.13. The fourth-order valence-corrected chi connectivity index (χ4v) is 1.05. The molecule has 18 heavy (non-hydrogen) atoms. The van der Waals surface area contributed by atoms with Crippen LogP contribution in [-0.2, 0) is 9.59 Å². The molecule has 1 rings (SSSR count). The summed E-state index contributed by atoms with van der Waals surface area (Å²) in [6.07, 6.45) is 3.11. The predicted molar refractivity (Wildman–Crippen MR) is 53.6 cm³/mol. The molecule has 0 aromatic heterocycles. The van der Waals surface area contributed by atoms with Gasteiger partial charge in [-0.25, -0.2) is 0 Å². The van der Waals surface area contributed by atoms with Gasteiger partial charge in [-0.15, -0.1) is 0 Å². The normalized spacial score (nSPS) is 10.3. The van der Waals surface area contributed by atoms with Gasteiger partial charge in [0.2, 0.25) is 0 Å². The molecule has 0 heterocycles. The van der Waals surface area contributed by atoms with Crippen molar-refractivity contribution in [1.82, 2.24) is 0 Å². The summed E-state index contributed by atoms with van der Waals surface area (Å²) in [4.78, 5) is 20.7. The summed E-state index contributed by atoms with van der Waals surface area (Å²) in [5.41, 5.74) is 0.317. The number of benzene rings is 1. The third-order valence-electron chi connectivity index (χ3n) is 1.76. The first-order valence-electron chi connectivity index (χ1n) is 4.47. The average Bonchev–Trinajstić information content (AvgIpc) is 2.25. The molecule has 0 amide bonds. The summed E-state index contributed by atoms with van der Waals surface area (Å²) < 4.78 is 0. The van der Waals surface area contributed by atoms with Crippen molar-refractivity contribution in [2.75, 3.05) is 0 Å². The van der Waals surface area contributed by atoms with Crippen LogP contribution in [0.1, 0.15) is 5.56 Å². The number of carboxylic acid groups (broad SMARTS) is 2. The number of hydrogen-bond acceptors (Lipinski definition) is 4. The van der Waals surface area contributed by atoms with Crippen LogP contribution < -0.4 is 69.3 Å². The van der Waals surface area contributed by atoms with Crippen molar-refractivity contribution < 1.29 is 78.9 Å². The Morgan fingerprint density at radius 3 is 2.00 bits per heavy atom. The second-order valence-corrected chi connectivity index (χ2v) is 2.95. The Morgan fingerprint density at radius 1 is 1.00 bits per heavy atom. The Kier molecular flexibility index (Phi) is 11.7. The van der Waals surface area contributed by atoms with E-state index < -0.39 is 17.5 Å². The fraction of sp³-hybridized carbons (Fsp3) is 0. The molecule has 0 saturated heterocycles. The van der Waals surface area contributed by atoms with Crippen molar-refractivity contribution in [2.45, 2.75) is 0 Å². The van der Waals surface area contributed by atoms with E-state index >= 15 is 0 Å². The van der Waals surface area contributed by atoms with Gasteiger partial charge in [0.05, 0.1) is 11.9 Å². The maximum Gasteiger partial charge on any atom is 1.00 e. The van der Waals surface area contributed by atoms with Gasteiger partial charge in [-0.2, -0.15) is 0 Å². The topological polar surface area (TPSA) is 80.3 Å². The third kappa shape index (κ3) is 7.87. The molecule has 0 radical (unpaired) electrons. The maximum atomic E-state index is 10.5. The molecule has 0 bridgehead atoms. The maximum absolute atomic E-state index is 10.5. The van der Waals surface area contributed by atoms with E-state index in [-0.39, 0.29) is 59.1 Å². The molecule has 1 aromatic rings. The Balaban J connectivity index is 0. The molecular formula is C12H8Na2O4. The van der Waals surface area contributed by atoms with Gasteiger partial charge in [-0.05, 0) is 17.2 Å². The van der Waals surface area contributed by atoms with E-state index in [4.69, 9.17) is 0 Å². The number of hydrogen-bond donors (Lipinski definition) is 0. The molecule has 4 nitrogen and oxygen atoms in total. The van der Waals surface area contributed by atoms with Crippen LogP contribution in [0.25, 0.3) is 6.08 Å². The molecule has 0 aliphatic carbocycles. The third-order valence-corrected chi connectivity index (χ3v) is 1.76. The van der Waals surface area contributed by atoms with Crippen LogP contribution >= 0.6 is 0 Å². The van der Waals surface area contributed by atoms with Gasteiger partial charge in [-0.3, -0.25) is 0 Å². The van der Waals surface area contributed by atoms with E-state index in [1.165, 1.54) is 6.08 Å². The van der Waals surface area contributed by atoms with Crippen LogP contribution in [-0.4, -0.2) is 11.9 Å². The molecule has 0 fully saturated rings. The van der Waals surface area contributed by atoms with Crippen molar-refractivity contribution in [2.24, 2.45) is 0 Å². The number of rotatable bonds is 4. The van der Waals surface area contributed by atoms with Gasteiger partial charge in [0.25, 0.3) is 0 Å². The number of carboxylic acids is 2. The summed E-state index contributed by atoms with van der Waals surface area (Å²) in [6.45, 7) is 0. The minimum absolute atomic E-state index is 0. The van der Waals surface area contributed by atoms with Gasteiger partial charge >= 0.3 is 59.1 Å². The number of carbonyl (C=O) groups is 2. The summed E-state index contributed by atoms with van der Waals surface area (Å²) in [6, 6.07) is 8.88. The average molecular weight is 262 g/mol. The fourth-order valence-electron chi connectivity index (χ4n) is 1.05. The first kappa shape index (κ1) is 20.0. The number of carbonyl (C=O) groups excluding carboxylic acids is 2. The summed E-state index contributed by atoms with van der Waals surface area (Å²) in [5, 5.41) is 20.7. The van der Waals surface area contributed by atoms with Crippen LogP contribution in [0.4, 0.5) is 0 Å². The van der Waals surface area contributed by atoms with Crippen molar-refractivity contribution >= 4 is 18.0 Å². The summed E-state index contributed by atoms with van der Waals surface area (Å²) >= 11 is 0. The molecule has 0 spiro atoms. The molecule has 0 saturated carbocycles. The van der Waals surface area contributed by atoms with Crippen LogP contribution in [0.5, 0.6) is 0 Å². The van der Waals surface area contributed by atoms with Gasteiger partial charge < -0.3 is 19.8 Å². The quantitative estimate of drug-likeness (QED) is 0.307. The van der Waals surface area contributed by atoms with E-state index in [2.05, 4.69) is 0 Å². The van der Waals surface area contributed by atoms with Gasteiger partial charge in [-0.1, -0.05) is 42.5 Å². The standard InChI is InChI=1S/C12H10O4.2Na/c13-11(14)8-10(12(15)16)7-6-9-4-2-1-3-5-9;;/h1-8H,(H,13,14)(H,15,16);;/q;2*+1/p-2/b7-6?,10-8-;;. The van der Waals surface area contributed by atoms with Crippen molar-refractivity contribution in [3.05, 3.63) is 53.6 Å². The monoisotopic (exact) mass is 262 g/mol. The molecule has 1 aromatic carbocycles. The van der Waals surface area contributed by atoms with Crippen molar-refractivity contribution in [3.8, 4) is 0 Å². The zero-order valence-corrected chi connectivity index (χ0v) is 14.3. The van der Waals surface area contributed by atoms with Crippen LogP contribution in [0.3, 0.4) is 0 Å². The van der Waals surface area contributed by atoms with Crippen molar-refractivity contribution in [3.63, 3.8) is 0 Å². The van der Waals surface area contributed by atoms with Gasteiger partial charge in [0.1, 0.15) is 0 Å². The van der Waals surface area contributed by atoms with Gasteiger partial charge in [0.15, 0.2) is 0 Å². The molecule has 0 unspecified atom stereocenters. The minimum atomic E-state index is -1.57. The van der Waals surface area contributed by atoms with Crippen LogP contribution in [0, 0.1) is 0 Å². The van der Waals surface area contributed by atoms with Gasteiger partial charge in [0, 0.05) is 0 Å².